The highest BCUT2D eigenvalue weighted by atomic mass is 16.5. The number of Topliss-reactive ketones (excluding diaryl/α,β-unsaturated/α-hetero) is 1. The molecule has 0 aliphatic heterocycles. The zero-order valence-corrected chi connectivity index (χ0v) is 12.8. The first kappa shape index (κ1) is 16.2. The average molecular weight is 304 g/mol. The molecule has 2 rings (SSSR count). The van der Waals surface area contributed by atoms with E-state index in [9.17, 15) is 14.4 Å². The number of methoxy groups -OCH3 is 1. The Labute approximate surface area is 129 Å². The summed E-state index contributed by atoms with van der Waals surface area (Å²) in [5.74, 6) is -1.67. The van der Waals surface area contributed by atoms with Crippen LogP contribution in [0.3, 0.4) is 0 Å². The zero-order valence-electron chi connectivity index (χ0n) is 12.8. The van der Waals surface area contributed by atoms with Gasteiger partial charge in [0.25, 0.3) is 0 Å². The summed E-state index contributed by atoms with van der Waals surface area (Å²) in [4.78, 5) is 34.8. The highest BCUT2D eigenvalue weighted by Gasteiger charge is 2.32. The average Bonchev–Trinajstić information content (AvgIpc) is 2.97. The standard InChI is InChI=1S/C17H20O5/c1-11(16(19)21-2)13-8-6-12(7-9-13)10-22-17(20)14-4-3-5-15(14)18/h6-9,11,14H,3-5,10H2,1-2H3. The summed E-state index contributed by atoms with van der Waals surface area (Å²) in [6.07, 6.45) is 1.83. The monoisotopic (exact) mass is 304 g/mol. The lowest BCUT2D eigenvalue weighted by Gasteiger charge is -2.11. The van der Waals surface area contributed by atoms with Gasteiger partial charge in [-0.2, -0.15) is 0 Å². The van der Waals surface area contributed by atoms with Crippen LogP contribution in [0, 0.1) is 5.92 Å². The van der Waals surface area contributed by atoms with Crippen LogP contribution in [0.15, 0.2) is 24.3 Å². The molecule has 5 nitrogen and oxygen atoms in total. The number of hydrogen-bond donors (Lipinski definition) is 0. The van der Waals surface area contributed by atoms with Crippen molar-refractivity contribution >= 4 is 17.7 Å². The van der Waals surface area contributed by atoms with E-state index in [1.807, 2.05) is 12.1 Å². The number of benzene rings is 1. The SMILES string of the molecule is COC(=O)C(C)c1ccc(COC(=O)C2CCCC2=O)cc1. The molecule has 2 unspecified atom stereocenters. The highest BCUT2D eigenvalue weighted by Crippen LogP contribution is 2.23. The van der Waals surface area contributed by atoms with Crippen LogP contribution < -0.4 is 0 Å². The van der Waals surface area contributed by atoms with Crippen molar-refractivity contribution in [2.45, 2.75) is 38.7 Å². The Morgan fingerprint density at radius 2 is 1.95 bits per heavy atom. The molecule has 1 aliphatic carbocycles. The van der Waals surface area contributed by atoms with Gasteiger partial charge in [-0.05, 0) is 30.9 Å². The molecule has 22 heavy (non-hydrogen) atoms. The molecular weight excluding hydrogens is 284 g/mol. The van der Waals surface area contributed by atoms with Crippen molar-refractivity contribution < 1.29 is 23.9 Å². The van der Waals surface area contributed by atoms with E-state index in [0.717, 1.165) is 17.5 Å². The third kappa shape index (κ3) is 3.72. The van der Waals surface area contributed by atoms with E-state index >= 15 is 0 Å². The van der Waals surface area contributed by atoms with Gasteiger partial charge in [-0.15, -0.1) is 0 Å². The number of ether oxygens (including phenoxy) is 2. The Morgan fingerprint density at radius 3 is 2.50 bits per heavy atom. The molecule has 0 aromatic heterocycles. The summed E-state index contributed by atoms with van der Waals surface area (Å²) in [6, 6.07) is 7.23. The Morgan fingerprint density at radius 1 is 1.27 bits per heavy atom. The van der Waals surface area contributed by atoms with E-state index < -0.39 is 11.9 Å². The number of carbonyl (C=O) groups is 3. The smallest absolute Gasteiger partial charge is 0.316 e. The van der Waals surface area contributed by atoms with Crippen molar-refractivity contribution in [2.75, 3.05) is 7.11 Å². The fourth-order valence-corrected chi connectivity index (χ4v) is 2.54. The first-order valence-corrected chi connectivity index (χ1v) is 7.39. The third-order valence-electron chi connectivity index (χ3n) is 4.00. The van der Waals surface area contributed by atoms with Crippen LogP contribution in [0.1, 0.15) is 43.2 Å². The number of carbonyl (C=O) groups excluding carboxylic acids is 3. The molecular formula is C17H20O5. The topological polar surface area (TPSA) is 69.7 Å². The molecule has 1 aromatic carbocycles. The van der Waals surface area contributed by atoms with Gasteiger partial charge < -0.3 is 9.47 Å². The molecule has 0 amide bonds. The molecule has 0 bridgehead atoms. The number of hydrogen-bond acceptors (Lipinski definition) is 5. The minimum atomic E-state index is -0.585. The van der Waals surface area contributed by atoms with Gasteiger partial charge in [0.05, 0.1) is 13.0 Å². The summed E-state index contributed by atoms with van der Waals surface area (Å²) in [7, 11) is 1.36. The minimum Gasteiger partial charge on any atom is -0.469 e. The van der Waals surface area contributed by atoms with Gasteiger partial charge in [0, 0.05) is 6.42 Å². The second kappa shape index (κ2) is 7.20. The normalized spacial score (nSPS) is 18.8. The van der Waals surface area contributed by atoms with Gasteiger partial charge in [-0.25, -0.2) is 0 Å². The second-order valence-electron chi connectivity index (χ2n) is 5.51. The van der Waals surface area contributed by atoms with E-state index in [0.29, 0.717) is 12.8 Å². The van der Waals surface area contributed by atoms with Crippen molar-refractivity contribution in [3.8, 4) is 0 Å². The summed E-state index contributed by atoms with van der Waals surface area (Å²) in [6.45, 7) is 1.90. The van der Waals surface area contributed by atoms with E-state index in [-0.39, 0.29) is 24.3 Å². The first-order valence-electron chi connectivity index (χ1n) is 7.39. The van der Waals surface area contributed by atoms with Crippen LogP contribution in [0.5, 0.6) is 0 Å². The van der Waals surface area contributed by atoms with Crippen LogP contribution in [0.25, 0.3) is 0 Å². The van der Waals surface area contributed by atoms with Gasteiger partial charge in [0.1, 0.15) is 18.3 Å². The van der Waals surface area contributed by atoms with Crippen molar-refractivity contribution in [1.29, 1.82) is 0 Å². The van der Waals surface area contributed by atoms with Crippen LogP contribution in [-0.2, 0) is 30.5 Å². The summed E-state index contributed by atoms with van der Waals surface area (Å²) >= 11 is 0. The molecule has 1 aliphatic rings. The van der Waals surface area contributed by atoms with E-state index in [2.05, 4.69) is 0 Å². The number of ketones is 1. The predicted molar refractivity (Wildman–Crippen MR) is 79.0 cm³/mol. The van der Waals surface area contributed by atoms with Crippen LogP contribution in [0.4, 0.5) is 0 Å². The lowest BCUT2D eigenvalue weighted by Crippen LogP contribution is -2.21. The van der Waals surface area contributed by atoms with E-state index in [4.69, 9.17) is 9.47 Å². The van der Waals surface area contributed by atoms with Gasteiger partial charge in [-0.3, -0.25) is 14.4 Å². The quantitative estimate of drug-likeness (QED) is 0.617. The highest BCUT2D eigenvalue weighted by molar-refractivity contribution is 6.00. The maximum atomic E-state index is 11.8. The van der Waals surface area contributed by atoms with Gasteiger partial charge >= 0.3 is 11.9 Å². The fraction of sp³-hybridized carbons (Fsp3) is 0.471. The van der Waals surface area contributed by atoms with Crippen molar-refractivity contribution in [2.24, 2.45) is 5.92 Å². The third-order valence-corrected chi connectivity index (χ3v) is 4.00. The van der Waals surface area contributed by atoms with Crippen LogP contribution >= 0.6 is 0 Å². The van der Waals surface area contributed by atoms with Crippen molar-refractivity contribution in [3.05, 3.63) is 35.4 Å². The Kier molecular flexibility index (Phi) is 5.31. The van der Waals surface area contributed by atoms with Gasteiger partial charge in [0.15, 0.2) is 0 Å². The summed E-state index contributed by atoms with van der Waals surface area (Å²) in [5.41, 5.74) is 1.66. The van der Waals surface area contributed by atoms with Crippen LogP contribution in [0.2, 0.25) is 0 Å². The molecule has 1 aromatic rings. The molecule has 1 fully saturated rings. The fourth-order valence-electron chi connectivity index (χ4n) is 2.54. The minimum absolute atomic E-state index is 0.0211. The molecule has 5 heteroatoms. The van der Waals surface area contributed by atoms with Gasteiger partial charge in [0.2, 0.25) is 0 Å². The molecule has 0 N–H and O–H groups in total. The lowest BCUT2D eigenvalue weighted by atomic mass is 10.0. The second-order valence-corrected chi connectivity index (χ2v) is 5.51. The van der Waals surface area contributed by atoms with E-state index in [1.54, 1.807) is 19.1 Å². The molecule has 1 saturated carbocycles. The number of rotatable bonds is 5. The predicted octanol–water partition coefficient (Wildman–Crippen LogP) is 2.38. The molecule has 118 valence electrons. The van der Waals surface area contributed by atoms with E-state index in [1.165, 1.54) is 7.11 Å². The van der Waals surface area contributed by atoms with Crippen LogP contribution in [-0.4, -0.2) is 24.8 Å². The zero-order chi connectivity index (χ0) is 16.1. The summed E-state index contributed by atoms with van der Waals surface area (Å²) in [5, 5.41) is 0. The lowest BCUT2D eigenvalue weighted by molar-refractivity contribution is -0.152. The van der Waals surface area contributed by atoms with Crippen molar-refractivity contribution in [1.82, 2.24) is 0 Å². The Bertz CT molecular complexity index is 561. The number of esters is 2. The maximum absolute atomic E-state index is 11.8. The molecule has 0 heterocycles. The summed E-state index contributed by atoms with van der Waals surface area (Å²) < 4.78 is 9.90. The first-order chi connectivity index (χ1) is 10.5. The largest absolute Gasteiger partial charge is 0.469 e. The molecule has 2 atom stereocenters. The maximum Gasteiger partial charge on any atom is 0.316 e. The van der Waals surface area contributed by atoms with Gasteiger partial charge in [-0.1, -0.05) is 24.3 Å². The Balaban J connectivity index is 1.90. The molecule has 0 saturated heterocycles. The molecule has 0 spiro atoms. The molecule has 0 radical (unpaired) electrons. The Hall–Kier alpha value is -2.17. The van der Waals surface area contributed by atoms with Crippen molar-refractivity contribution in [3.63, 3.8) is 0 Å².